The zero-order valence-electron chi connectivity index (χ0n) is 11.3. The summed E-state index contributed by atoms with van der Waals surface area (Å²) < 4.78 is 5.11. The highest BCUT2D eigenvalue weighted by Gasteiger charge is 2.07. The summed E-state index contributed by atoms with van der Waals surface area (Å²) in [7, 11) is 0. The molecule has 0 saturated carbocycles. The van der Waals surface area contributed by atoms with E-state index in [1.165, 1.54) is 12.3 Å². The predicted molar refractivity (Wildman–Crippen MR) is 79.7 cm³/mol. The monoisotopic (exact) mass is 278 g/mol. The highest BCUT2D eigenvalue weighted by Crippen LogP contribution is 2.03. The second kappa shape index (κ2) is 7.51. The van der Waals surface area contributed by atoms with Crippen LogP contribution in [0.3, 0.4) is 0 Å². The Morgan fingerprint density at radius 3 is 2.71 bits per heavy atom. The molecule has 4 nitrogen and oxygen atoms in total. The van der Waals surface area contributed by atoms with Crippen LogP contribution in [-0.4, -0.2) is 5.91 Å². The first kappa shape index (κ1) is 14.4. The molecular formula is C17H14N2O2. The molecular weight excluding hydrogens is 264 g/mol. The van der Waals surface area contributed by atoms with E-state index in [-0.39, 0.29) is 12.1 Å². The Kier molecular flexibility index (Phi) is 5.13. The molecule has 0 aliphatic heterocycles. The van der Waals surface area contributed by atoms with Crippen molar-refractivity contribution in [2.45, 2.75) is 6.54 Å². The molecule has 104 valence electrons. The summed E-state index contributed by atoms with van der Waals surface area (Å²) in [5.41, 5.74) is 1.05. The maximum Gasteiger partial charge on any atom is 0.262 e. The van der Waals surface area contributed by atoms with E-state index in [1.54, 1.807) is 18.2 Å². The second-order valence-corrected chi connectivity index (χ2v) is 4.22. The molecule has 2 aromatic rings. The van der Waals surface area contributed by atoms with Crippen LogP contribution >= 0.6 is 0 Å². The zero-order chi connectivity index (χ0) is 14.9. The van der Waals surface area contributed by atoms with Gasteiger partial charge in [-0.1, -0.05) is 42.5 Å². The molecule has 0 unspecified atom stereocenters. The molecule has 0 fully saturated rings. The average Bonchev–Trinajstić information content (AvgIpc) is 3.04. The smallest absolute Gasteiger partial charge is 0.262 e. The lowest BCUT2D eigenvalue weighted by Crippen LogP contribution is -2.23. The van der Waals surface area contributed by atoms with Gasteiger partial charge in [0, 0.05) is 0 Å². The Bertz CT molecular complexity index is 677. The Morgan fingerprint density at radius 2 is 2.05 bits per heavy atom. The number of rotatable bonds is 5. The first-order valence-electron chi connectivity index (χ1n) is 6.43. The molecule has 0 aliphatic carbocycles. The topological polar surface area (TPSA) is 66.0 Å². The number of amides is 1. The Balaban J connectivity index is 1.95. The van der Waals surface area contributed by atoms with Crippen LogP contribution < -0.4 is 5.32 Å². The van der Waals surface area contributed by atoms with Crippen LogP contribution in [0.5, 0.6) is 0 Å². The van der Waals surface area contributed by atoms with Crippen LogP contribution in [-0.2, 0) is 11.3 Å². The van der Waals surface area contributed by atoms with Gasteiger partial charge in [0.15, 0.2) is 0 Å². The summed E-state index contributed by atoms with van der Waals surface area (Å²) >= 11 is 0. The predicted octanol–water partition coefficient (Wildman–Crippen LogP) is 3.06. The maximum absolute atomic E-state index is 11.8. The van der Waals surface area contributed by atoms with Gasteiger partial charge in [0.1, 0.15) is 17.4 Å². The molecule has 1 amide bonds. The van der Waals surface area contributed by atoms with E-state index in [0.29, 0.717) is 5.76 Å². The van der Waals surface area contributed by atoms with Gasteiger partial charge in [0.2, 0.25) is 0 Å². The van der Waals surface area contributed by atoms with Crippen LogP contribution in [0.15, 0.2) is 70.9 Å². The lowest BCUT2D eigenvalue weighted by molar-refractivity contribution is -0.117. The number of hydrogen-bond donors (Lipinski definition) is 1. The quantitative estimate of drug-likeness (QED) is 0.519. The number of nitrogens with one attached hydrogen (secondary N) is 1. The molecule has 0 saturated heterocycles. The van der Waals surface area contributed by atoms with Crippen LogP contribution in [0, 0.1) is 11.3 Å². The van der Waals surface area contributed by atoms with Gasteiger partial charge in [0.25, 0.3) is 5.91 Å². The fourth-order valence-corrected chi connectivity index (χ4v) is 1.66. The molecule has 1 N–H and O–H groups in total. The van der Waals surface area contributed by atoms with Gasteiger partial charge >= 0.3 is 0 Å². The van der Waals surface area contributed by atoms with Crippen molar-refractivity contribution >= 4 is 12.0 Å². The number of allylic oxidation sites excluding steroid dienone is 2. The van der Waals surface area contributed by atoms with Crippen LogP contribution in [0.1, 0.15) is 11.3 Å². The Morgan fingerprint density at radius 1 is 1.24 bits per heavy atom. The third kappa shape index (κ3) is 4.51. The van der Waals surface area contributed by atoms with Crippen molar-refractivity contribution in [2.75, 3.05) is 0 Å². The Hall–Kier alpha value is -3.06. The van der Waals surface area contributed by atoms with E-state index in [4.69, 9.17) is 9.68 Å². The van der Waals surface area contributed by atoms with Crippen LogP contribution in [0.2, 0.25) is 0 Å². The summed E-state index contributed by atoms with van der Waals surface area (Å²) in [6.45, 7) is 0.257. The summed E-state index contributed by atoms with van der Waals surface area (Å²) in [6, 6.07) is 15.0. The number of furan rings is 1. The summed E-state index contributed by atoms with van der Waals surface area (Å²) in [5.74, 6) is 0.215. The summed E-state index contributed by atoms with van der Waals surface area (Å²) in [6.07, 6.45) is 6.53. The van der Waals surface area contributed by atoms with Gasteiger partial charge in [-0.3, -0.25) is 4.79 Å². The minimum Gasteiger partial charge on any atom is -0.467 e. The molecule has 0 atom stereocenters. The molecule has 0 bridgehead atoms. The number of carbonyl (C=O) groups is 1. The first-order chi connectivity index (χ1) is 10.3. The van der Waals surface area contributed by atoms with Crippen LogP contribution in [0.25, 0.3) is 6.08 Å². The van der Waals surface area contributed by atoms with Crippen molar-refractivity contribution in [3.8, 4) is 6.07 Å². The summed E-state index contributed by atoms with van der Waals surface area (Å²) in [4.78, 5) is 11.8. The van der Waals surface area contributed by atoms with Crippen molar-refractivity contribution in [3.05, 3.63) is 77.8 Å². The van der Waals surface area contributed by atoms with E-state index in [0.717, 1.165) is 5.56 Å². The third-order valence-corrected chi connectivity index (χ3v) is 2.72. The molecule has 1 heterocycles. The van der Waals surface area contributed by atoms with Crippen molar-refractivity contribution in [1.82, 2.24) is 5.32 Å². The molecule has 21 heavy (non-hydrogen) atoms. The van der Waals surface area contributed by atoms with Gasteiger partial charge in [0.05, 0.1) is 12.8 Å². The van der Waals surface area contributed by atoms with Crippen molar-refractivity contribution in [3.63, 3.8) is 0 Å². The Labute approximate surface area is 123 Å². The number of carbonyl (C=O) groups excluding carboxylic acids is 1. The van der Waals surface area contributed by atoms with Gasteiger partial charge in [-0.2, -0.15) is 5.26 Å². The fourth-order valence-electron chi connectivity index (χ4n) is 1.66. The van der Waals surface area contributed by atoms with E-state index in [1.807, 2.05) is 42.5 Å². The largest absolute Gasteiger partial charge is 0.467 e. The molecule has 0 radical (unpaired) electrons. The first-order valence-corrected chi connectivity index (χ1v) is 6.43. The lowest BCUT2D eigenvalue weighted by Gasteiger charge is -2.00. The molecule has 2 rings (SSSR count). The van der Waals surface area contributed by atoms with E-state index >= 15 is 0 Å². The SMILES string of the molecule is N#C/C(=C/C=C/c1ccccc1)C(=O)NCc1ccco1. The van der Waals surface area contributed by atoms with Gasteiger partial charge in [-0.05, 0) is 23.8 Å². The third-order valence-electron chi connectivity index (χ3n) is 2.72. The van der Waals surface area contributed by atoms with Crippen molar-refractivity contribution < 1.29 is 9.21 Å². The van der Waals surface area contributed by atoms with E-state index < -0.39 is 5.91 Å². The minimum atomic E-state index is -0.424. The van der Waals surface area contributed by atoms with Gasteiger partial charge in [-0.25, -0.2) is 0 Å². The van der Waals surface area contributed by atoms with Gasteiger partial charge in [-0.15, -0.1) is 0 Å². The average molecular weight is 278 g/mol. The highest BCUT2D eigenvalue weighted by atomic mass is 16.3. The standard InChI is InChI=1S/C17H14N2O2/c18-12-15(9-4-8-14-6-2-1-3-7-14)17(20)19-13-16-10-5-11-21-16/h1-11H,13H2,(H,19,20)/b8-4+,15-9-. The number of hydrogen-bond acceptors (Lipinski definition) is 3. The molecule has 4 heteroatoms. The highest BCUT2D eigenvalue weighted by molar-refractivity contribution is 5.97. The van der Waals surface area contributed by atoms with E-state index in [9.17, 15) is 4.79 Å². The molecule has 1 aromatic carbocycles. The molecule has 1 aromatic heterocycles. The van der Waals surface area contributed by atoms with E-state index in [2.05, 4.69) is 5.32 Å². The molecule has 0 spiro atoms. The zero-order valence-corrected chi connectivity index (χ0v) is 11.3. The molecule has 0 aliphatic rings. The maximum atomic E-state index is 11.8. The lowest BCUT2D eigenvalue weighted by atomic mass is 10.2. The second-order valence-electron chi connectivity index (χ2n) is 4.22. The minimum absolute atomic E-state index is 0.0498. The van der Waals surface area contributed by atoms with Crippen LogP contribution in [0.4, 0.5) is 0 Å². The van der Waals surface area contributed by atoms with Crippen molar-refractivity contribution in [2.24, 2.45) is 0 Å². The normalized spacial score (nSPS) is 11.3. The van der Waals surface area contributed by atoms with Crippen molar-refractivity contribution in [1.29, 1.82) is 5.26 Å². The number of benzene rings is 1. The number of nitrogens with zero attached hydrogens (tertiary/aromatic N) is 1. The number of nitriles is 1. The van der Waals surface area contributed by atoms with Gasteiger partial charge < -0.3 is 9.73 Å². The fraction of sp³-hybridized carbons (Fsp3) is 0.0588. The summed E-state index contributed by atoms with van der Waals surface area (Å²) in [5, 5.41) is 11.6.